The summed E-state index contributed by atoms with van der Waals surface area (Å²) in [5, 5.41) is 3.40. The first-order chi connectivity index (χ1) is 10.7. The molecule has 0 bridgehead atoms. The second-order valence-electron chi connectivity index (χ2n) is 5.53. The number of ether oxygens (including phenoxy) is 1. The zero-order valence-corrected chi connectivity index (χ0v) is 13.8. The predicted octanol–water partition coefficient (Wildman–Crippen LogP) is 3.37. The lowest BCUT2D eigenvalue weighted by Crippen LogP contribution is -2.12. The number of nitrogens with one attached hydrogen (secondary N) is 1. The first-order valence-corrected chi connectivity index (χ1v) is 7.96. The van der Waals surface area contributed by atoms with Gasteiger partial charge in [-0.3, -0.25) is 0 Å². The zero-order valence-electron chi connectivity index (χ0n) is 13.8. The van der Waals surface area contributed by atoms with Crippen molar-refractivity contribution in [3.8, 4) is 0 Å². The fourth-order valence-corrected chi connectivity index (χ4v) is 2.63. The number of rotatable bonds is 7. The van der Waals surface area contributed by atoms with Gasteiger partial charge >= 0.3 is 0 Å². The van der Waals surface area contributed by atoms with Gasteiger partial charge in [0.05, 0.1) is 7.11 Å². The Labute approximate surface area is 132 Å². The zero-order chi connectivity index (χ0) is 15.9. The molecule has 0 saturated heterocycles. The van der Waals surface area contributed by atoms with Gasteiger partial charge in [-0.2, -0.15) is 4.98 Å². The molecule has 5 heteroatoms. The molecule has 1 aromatic heterocycles. The van der Waals surface area contributed by atoms with Crippen LogP contribution in [-0.2, 0) is 11.2 Å². The van der Waals surface area contributed by atoms with Gasteiger partial charge in [0.1, 0.15) is 11.6 Å². The monoisotopic (exact) mass is 302 g/mol. The van der Waals surface area contributed by atoms with E-state index in [1.54, 1.807) is 7.11 Å². The third-order valence-corrected chi connectivity index (χ3v) is 3.84. The number of hydrogen-bond donors (Lipinski definition) is 2. The highest BCUT2D eigenvalue weighted by Crippen LogP contribution is 2.27. The second kappa shape index (κ2) is 7.82. The Kier molecular flexibility index (Phi) is 5.81. The molecule has 2 rings (SSSR count). The highest BCUT2D eigenvalue weighted by Gasteiger charge is 2.16. The smallest absolute Gasteiger partial charge is 0.222 e. The SMILES string of the molecule is CCCCNc1nc(N)nc(C)c1CC1=CCCC=C1OC. The summed E-state index contributed by atoms with van der Waals surface area (Å²) < 4.78 is 5.48. The van der Waals surface area contributed by atoms with Crippen LogP contribution in [0.1, 0.15) is 43.9 Å². The Morgan fingerprint density at radius 3 is 2.77 bits per heavy atom. The van der Waals surface area contributed by atoms with Crippen molar-refractivity contribution in [3.63, 3.8) is 0 Å². The lowest BCUT2D eigenvalue weighted by atomic mass is 9.97. The summed E-state index contributed by atoms with van der Waals surface area (Å²) in [5.74, 6) is 2.13. The van der Waals surface area contributed by atoms with Crippen LogP contribution in [-0.4, -0.2) is 23.6 Å². The Morgan fingerprint density at radius 2 is 2.05 bits per heavy atom. The maximum atomic E-state index is 5.81. The molecular weight excluding hydrogens is 276 g/mol. The van der Waals surface area contributed by atoms with Gasteiger partial charge in [0, 0.05) is 24.2 Å². The van der Waals surface area contributed by atoms with Gasteiger partial charge < -0.3 is 15.8 Å². The molecule has 120 valence electrons. The molecule has 1 aliphatic carbocycles. The van der Waals surface area contributed by atoms with Crippen LogP contribution in [0.5, 0.6) is 0 Å². The van der Waals surface area contributed by atoms with Crippen LogP contribution in [0.2, 0.25) is 0 Å². The first kappa shape index (κ1) is 16.3. The molecule has 0 radical (unpaired) electrons. The molecular formula is C17H26N4O. The number of anilines is 2. The number of nitrogens with two attached hydrogens (primary N) is 1. The normalized spacial score (nSPS) is 14.3. The molecule has 3 N–H and O–H groups in total. The van der Waals surface area contributed by atoms with Crippen molar-refractivity contribution in [3.05, 3.63) is 34.7 Å². The molecule has 0 fully saturated rings. The largest absolute Gasteiger partial charge is 0.497 e. The van der Waals surface area contributed by atoms with Crippen molar-refractivity contribution in [1.82, 2.24) is 9.97 Å². The number of nitrogens with zero attached hydrogens (tertiary/aromatic N) is 2. The topological polar surface area (TPSA) is 73.1 Å². The third-order valence-electron chi connectivity index (χ3n) is 3.84. The first-order valence-electron chi connectivity index (χ1n) is 7.96. The molecule has 0 unspecified atom stereocenters. The molecule has 0 spiro atoms. The van der Waals surface area contributed by atoms with Crippen LogP contribution in [0, 0.1) is 6.92 Å². The van der Waals surface area contributed by atoms with Crippen molar-refractivity contribution in [1.29, 1.82) is 0 Å². The number of methoxy groups -OCH3 is 1. The van der Waals surface area contributed by atoms with E-state index in [9.17, 15) is 0 Å². The number of nitrogen functional groups attached to an aromatic ring is 1. The Hall–Kier alpha value is -2.04. The van der Waals surface area contributed by atoms with E-state index in [4.69, 9.17) is 10.5 Å². The van der Waals surface area contributed by atoms with E-state index in [0.717, 1.165) is 61.5 Å². The Bertz CT molecular complexity index is 578. The number of allylic oxidation sites excluding steroid dienone is 3. The second-order valence-corrected chi connectivity index (χ2v) is 5.53. The predicted molar refractivity (Wildman–Crippen MR) is 90.7 cm³/mol. The average molecular weight is 302 g/mol. The molecule has 0 aliphatic heterocycles. The molecule has 1 heterocycles. The minimum atomic E-state index is 0.320. The summed E-state index contributed by atoms with van der Waals surface area (Å²) in [5.41, 5.74) is 9.03. The van der Waals surface area contributed by atoms with Crippen LogP contribution in [0.15, 0.2) is 23.5 Å². The molecule has 1 aromatic rings. The minimum Gasteiger partial charge on any atom is -0.497 e. The summed E-state index contributed by atoms with van der Waals surface area (Å²) in [7, 11) is 1.72. The maximum absolute atomic E-state index is 5.81. The molecule has 22 heavy (non-hydrogen) atoms. The molecule has 1 aliphatic rings. The van der Waals surface area contributed by atoms with Crippen molar-refractivity contribution >= 4 is 11.8 Å². The van der Waals surface area contributed by atoms with E-state index in [0.29, 0.717) is 5.95 Å². The lowest BCUT2D eigenvalue weighted by Gasteiger charge is -2.18. The summed E-state index contributed by atoms with van der Waals surface area (Å²) in [6, 6.07) is 0. The van der Waals surface area contributed by atoms with Gasteiger partial charge in [-0.1, -0.05) is 19.4 Å². The highest BCUT2D eigenvalue weighted by molar-refractivity contribution is 5.52. The highest BCUT2D eigenvalue weighted by atomic mass is 16.5. The lowest BCUT2D eigenvalue weighted by molar-refractivity contribution is 0.295. The van der Waals surface area contributed by atoms with E-state index >= 15 is 0 Å². The van der Waals surface area contributed by atoms with E-state index < -0.39 is 0 Å². The van der Waals surface area contributed by atoms with Crippen molar-refractivity contribution in [2.75, 3.05) is 24.7 Å². The van der Waals surface area contributed by atoms with Gasteiger partial charge in [-0.25, -0.2) is 4.98 Å². The van der Waals surface area contributed by atoms with Crippen LogP contribution in [0.3, 0.4) is 0 Å². The summed E-state index contributed by atoms with van der Waals surface area (Å²) >= 11 is 0. The number of aromatic nitrogens is 2. The average Bonchev–Trinajstić information content (AvgIpc) is 2.51. The van der Waals surface area contributed by atoms with E-state index in [1.807, 2.05) is 6.92 Å². The van der Waals surface area contributed by atoms with E-state index in [-0.39, 0.29) is 0 Å². The van der Waals surface area contributed by atoms with Crippen LogP contribution in [0.4, 0.5) is 11.8 Å². The summed E-state index contributed by atoms with van der Waals surface area (Å²) in [6.07, 6.45) is 9.48. The molecule has 5 nitrogen and oxygen atoms in total. The van der Waals surface area contributed by atoms with Gasteiger partial charge in [0.15, 0.2) is 0 Å². The summed E-state index contributed by atoms with van der Waals surface area (Å²) in [6.45, 7) is 5.05. The van der Waals surface area contributed by atoms with Gasteiger partial charge in [-0.15, -0.1) is 0 Å². The van der Waals surface area contributed by atoms with Crippen LogP contribution >= 0.6 is 0 Å². The molecule has 0 atom stereocenters. The number of hydrogen-bond acceptors (Lipinski definition) is 5. The Morgan fingerprint density at radius 1 is 1.27 bits per heavy atom. The van der Waals surface area contributed by atoms with Gasteiger partial charge in [-0.05, 0) is 37.8 Å². The standard InChI is InChI=1S/C17H26N4O/c1-4-5-10-19-16-14(12(2)20-17(18)21-16)11-13-8-6-7-9-15(13)22-3/h8-9H,4-7,10-11H2,1-3H3,(H3,18,19,20,21). The van der Waals surface area contributed by atoms with E-state index in [1.165, 1.54) is 5.57 Å². The van der Waals surface area contributed by atoms with Crippen molar-refractivity contribution in [2.24, 2.45) is 0 Å². The Balaban J connectivity index is 2.25. The van der Waals surface area contributed by atoms with Gasteiger partial charge in [0.2, 0.25) is 5.95 Å². The third kappa shape index (κ3) is 4.00. The quantitative estimate of drug-likeness (QED) is 0.755. The number of unbranched alkanes of at least 4 members (excludes halogenated alkanes) is 1. The maximum Gasteiger partial charge on any atom is 0.222 e. The fraction of sp³-hybridized carbons (Fsp3) is 0.529. The molecule has 0 amide bonds. The molecule has 0 saturated carbocycles. The van der Waals surface area contributed by atoms with Crippen LogP contribution < -0.4 is 11.1 Å². The van der Waals surface area contributed by atoms with Crippen molar-refractivity contribution in [2.45, 2.75) is 46.0 Å². The van der Waals surface area contributed by atoms with Crippen molar-refractivity contribution < 1.29 is 4.74 Å². The summed E-state index contributed by atoms with van der Waals surface area (Å²) in [4.78, 5) is 8.71. The molecule has 0 aromatic carbocycles. The number of aryl methyl sites for hydroxylation is 1. The fourth-order valence-electron chi connectivity index (χ4n) is 2.63. The van der Waals surface area contributed by atoms with Gasteiger partial charge in [0.25, 0.3) is 0 Å². The van der Waals surface area contributed by atoms with E-state index in [2.05, 4.69) is 34.4 Å². The minimum absolute atomic E-state index is 0.320. The van der Waals surface area contributed by atoms with Crippen LogP contribution in [0.25, 0.3) is 0 Å².